The van der Waals surface area contributed by atoms with Crippen LogP contribution in [0, 0.1) is 6.92 Å². The number of nitrogens with one attached hydrogen (secondary N) is 1. The van der Waals surface area contributed by atoms with Gasteiger partial charge < -0.3 is 9.73 Å². The van der Waals surface area contributed by atoms with Crippen LogP contribution >= 0.6 is 0 Å². The Balaban J connectivity index is 1.98. The summed E-state index contributed by atoms with van der Waals surface area (Å²) in [6, 6.07) is 4.94. The highest BCUT2D eigenvalue weighted by Gasteiger charge is 2.08. The predicted molar refractivity (Wildman–Crippen MR) is 65.4 cm³/mol. The van der Waals surface area contributed by atoms with Crippen molar-refractivity contribution >= 4 is 18.0 Å². The molecule has 2 rings (SSSR count). The Morgan fingerprint density at radius 1 is 1.44 bits per heavy atom. The van der Waals surface area contributed by atoms with E-state index < -0.39 is 0 Å². The Hall–Kier alpha value is -2.43. The number of aromatic nitrogens is 1. The van der Waals surface area contributed by atoms with Gasteiger partial charge in [0.1, 0.15) is 11.6 Å². The molecule has 0 atom stereocenters. The summed E-state index contributed by atoms with van der Waals surface area (Å²) < 4.78 is 5.11. The van der Waals surface area contributed by atoms with Gasteiger partial charge in [0.05, 0.1) is 12.7 Å². The third-order valence-electron chi connectivity index (χ3n) is 2.51. The first-order chi connectivity index (χ1) is 8.69. The van der Waals surface area contributed by atoms with Crippen molar-refractivity contribution in [1.82, 2.24) is 4.98 Å². The molecule has 5 heteroatoms. The van der Waals surface area contributed by atoms with Crippen LogP contribution in [0.25, 0.3) is 0 Å². The minimum atomic E-state index is -0.175. The van der Waals surface area contributed by atoms with Crippen molar-refractivity contribution in [2.24, 2.45) is 0 Å². The van der Waals surface area contributed by atoms with Crippen LogP contribution in [0.2, 0.25) is 0 Å². The van der Waals surface area contributed by atoms with E-state index in [1.165, 1.54) is 6.20 Å². The highest BCUT2D eigenvalue weighted by Crippen LogP contribution is 2.10. The smallest absolute Gasteiger partial charge is 0.230 e. The van der Waals surface area contributed by atoms with Gasteiger partial charge in [0.25, 0.3) is 0 Å². The van der Waals surface area contributed by atoms with Gasteiger partial charge in [-0.1, -0.05) is 0 Å². The maximum atomic E-state index is 11.7. The molecule has 1 amide bonds. The lowest BCUT2D eigenvalue weighted by Crippen LogP contribution is -2.15. The number of carbonyl (C=O) groups is 2. The molecule has 2 aromatic rings. The summed E-state index contributed by atoms with van der Waals surface area (Å²) >= 11 is 0. The number of carbonyl (C=O) groups excluding carboxylic acids is 2. The van der Waals surface area contributed by atoms with Gasteiger partial charge in [0.15, 0.2) is 6.29 Å². The van der Waals surface area contributed by atoms with Crippen molar-refractivity contribution in [2.75, 3.05) is 5.32 Å². The van der Waals surface area contributed by atoms with Crippen LogP contribution in [0.15, 0.2) is 35.1 Å². The van der Waals surface area contributed by atoms with Crippen molar-refractivity contribution in [3.05, 3.63) is 47.5 Å². The molecule has 2 aromatic heterocycles. The molecule has 0 saturated heterocycles. The third kappa shape index (κ3) is 2.82. The summed E-state index contributed by atoms with van der Waals surface area (Å²) in [5, 5.41) is 2.65. The molecule has 1 N–H and O–H groups in total. The molecule has 0 aliphatic rings. The largest absolute Gasteiger partial charge is 0.469 e. The van der Waals surface area contributed by atoms with Crippen molar-refractivity contribution < 1.29 is 14.0 Å². The van der Waals surface area contributed by atoms with Crippen LogP contribution in [-0.2, 0) is 11.2 Å². The topological polar surface area (TPSA) is 72.2 Å². The minimum absolute atomic E-state index is 0.175. The fourth-order valence-corrected chi connectivity index (χ4v) is 1.50. The Morgan fingerprint density at radius 3 is 2.83 bits per heavy atom. The highest BCUT2D eigenvalue weighted by molar-refractivity contribution is 5.91. The first-order valence-electron chi connectivity index (χ1n) is 5.43. The van der Waals surface area contributed by atoms with E-state index in [4.69, 9.17) is 4.42 Å². The van der Waals surface area contributed by atoms with Crippen LogP contribution in [0.3, 0.4) is 0 Å². The van der Waals surface area contributed by atoms with Gasteiger partial charge in [-0.3, -0.25) is 9.59 Å². The van der Waals surface area contributed by atoms with Gasteiger partial charge in [0, 0.05) is 17.3 Å². The number of rotatable bonds is 4. The van der Waals surface area contributed by atoms with Gasteiger partial charge in [-0.15, -0.1) is 0 Å². The average molecular weight is 244 g/mol. The van der Waals surface area contributed by atoms with E-state index >= 15 is 0 Å². The number of nitrogens with zero attached hydrogens (tertiary/aromatic N) is 1. The molecule has 0 radical (unpaired) electrons. The zero-order chi connectivity index (χ0) is 13.0. The number of aryl methyl sites for hydroxylation is 1. The van der Waals surface area contributed by atoms with Crippen molar-refractivity contribution in [3.63, 3.8) is 0 Å². The summed E-state index contributed by atoms with van der Waals surface area (Å²) in [5.74, 6) is 0.979. The Morgan fingerprint density at radius 2 is 2.28 bits per heavy atom. The Labute approximate surface area is 104 Å². The zero-order valence-corrected chi connectivity index (χ0v) is 9.84. The molecule has 0 fully saturated rings. The van der Waals surface area contributed by atoms with E-state index in [-0.39, 0.29) is 12.3 Å². The molecule has 0 spiro atoms. The molecule has 2 heterocycles. The van der Waals surface area contributed by atoms with E-state index in [1.807, 2.05) is 0 Å². The quantitative estimate of drug-likeness (QED) is 0.834. The second kappa shape index (κ2) is 5.27. The second-order valence-electron chi connectivity index (χ2n) is 3.82. The summed E-state index contributed by atoms with van der Waals surface area (Å²) in [6.07, 6.45) is 3.90. The second-order valence-corrected chi connectivity index (χ2v) is 3.82. The van der Waals surface area contributed by atoms with Crippen molar-refractivity contribution in [3.8, 4) is 0 Å². The summed E-state index contributed by atoms with van der Waals surface area (Å²) in [4.78, 5) is 26.1. The number of pyridine rings is 1. The fourth-order valence-electron chi connectivity index (χ4n) is 1.50. The number of amides is 1. The molecule has 0 aliphatic carbocycles. The summed E-state index contributed by atoms with van der Waals surface area (Å²) in [5.41, 5.74) is 1.32. The maximum Gasteiger partial charge on any atom is 0.230 e. The van der Waals surface area contributed by atoms with Crippen LogP contribution in [-0.4, -0.2) is 17.2 Å². The average Bonchev–Trinajstić information content (AvgIpc) is 2.76. The van der Waals surface area contributed by atoms with Gasteiger partial charge in [-0.25, -0.2) is 4.98 Å². The molecular formula is C13H12N2O3. The molecular weight excluding hydrogens is 232 g/mol. The van der Waals surface area contributed by atoms with Gasteiger partial charge in [-0.05, 0) is 25.1 Å². The molecule has 0 aromatic carbocycles. The summed E-state index contributed by atoms with van der Waals surface area (Å²) in [7, 11) is 0. The SMILES string of the molecule is Cc1occc1CC(=O)Nc1ccc(C=O)cn1. The van der Waals surface area contributed by atoms with Gasteiger partial charge in [-0.2, -0.15) is 0 Å². The van der Waals surface area contributed by atoms with Crippen molar-refractivity contribution in [2.45, 2.75) is 13.3 Å². The third-order valence-corrected chi connectivity index (χ3v) is 2.51. The fraction of sp³-hybridized carbons (Fsp3) is 0.154. The lowest BCUT2D eigenvalue weighted by molar-refractivity contribution is -0.115. The van der Waals surface area contributed by atoms with Crippen LogP contribution < -0.4 is 5.32 Å². The lowest BCUT2D eigenvalue weighted by atomic mass is 10.2. The normalized spacial score (nSPS) is 10.1. The number of anilines is 1. The molecule has 5 nitrogen and oxygen atoms in total. The Bertz CT molecular complexity index is 558. The highest BCUT2D eigenvalue weighted by atomic mass is 16.3. The van der Waals surface area contributed by atoms with E-state index in [1.54, 1.807) is 31.4 Å². The van der Waals surface area contributed by atoms with E-state index in [2.05, 4.69) is 10.3 Å². The van der Waals surface area contributed by atoms with E-state index in [0.717, 1.165) is 11.3 Å². The Kier molecular flexibility index (Phi) is 3.52. The van der Waals surface area contributed by atoms with Gasteiger partial charge in [0.2, 0.25) is 5.91 Å². The van der Waals surface area contributed by atoms with Crippen LogP contribution in [0.5, 0.6) is 0 Å². The standard InChI is InChI=1S/C13H12N2O3/c1-9-11(4-5-18-9)6-13(17)15-12-3-2-10(8-16)7-14-12/h2-5,7-8H,6H2,1H3,(H,14,15,17). The molecule has 18 heavy (non-hydrogen) atoms. The van der Waals surface area contributed by atoms with E-state index in [9.17, 15) is 9.59 Å². The predicted octanol–water partition coefficient (Wildman–Crippen LogP) is 1.98. The molecule has 0 aliphatic heterocycles. The number of hydrogen-bond acceptors (Lipinski definition) is 4. The first kappa shape index (κ1) is 12.0. The first-order valence-corrected chi connectivity index (χ1v) is 5.43. The molecule has 0 unspecified atom stereocenters. The number of furan rings is 1. The van der Waals surface area contributed by atoms with Crippen molar-refractivity contribution in [1.29, 1.82) is 0 Å². The number of hydrogen-bond donors (Lipinski definition) is 1. The minimum Gasteiger partial charge on any atom is -0.469 e. The van der Waals surface area contributed by atoms with Gasteiger partial charge >= 0.3 is 0 Å². The number of aldehydes is 1. The molecule has 0 saturated carbocycles. The van der Waals surface area contributed by atoms with Crippen LogP contribution in [0.4, 0.5) is 5.82 Å². The monoisotopic (exact) mass is 244 g/mol. The summed E-state index contributed by atoms with van der Waals surface area (Å²) in [6.45, 7) is 1.81. The lowest BCUT2D eigenvalue weighted by Gasteiger charge is -2.03. The molecule has 0 bridgehead atoms. The maximum absolute atomic E-state index is 11.7. The molecule has 92 valence electrons. The zero-order valence-electron chi connectivity index (χ0n) is 9.84. The van der Waals surface area contributed by atoms with Crippen LogP contribution in [0.1, 0.15) is 21.7 Å². The van der Waals surface area contributed by atoms with E-state index in [0.29, 0.717) is 17.7 Å².